The second-order valence-corrected chi connectivity index (χ2v) is 10.3. The quantitative estimate of drug-likeness (QED) is 0.436. The molecule has 2 amide bonds. The number of carbonyl (C=O) groups is 2. The number of nitrogens with zero attached hydrogens (tertiary/aromatic N) is 2. The minimum Gasteiger partial charge on any atom is -0.351 e. The molecule has 1 aliphatic heterocycles. The Kier molecular flexibility index (Phi) is 7.88. The first-order valence-corrected chi connectivity index (χ1v) is 12.8. The van der Waals surface area contributed by atoms with Crippen LogP contribution in [0.5, 0.6) is 0 Å². The number of benzene rings is 1. The van der Waals surface area contributed by atoms with Crippen LogP contribution < -0.4 is 16.4 Å². The Morgan fingerprint density at radius 3 is 2.59 bits per heavy atom. The highest BCUT2D eigenvalue weighted by Gasteiger charge is 2.30. The van der Waals surface area contributed by atoms with Gasteiger partial charge in [-0.2, -0.15) is 0 Å². The highest BCUT2D eigenvalue weighted by Crippen LogP contribution is 2.26. The Labute approximate surface area is 208 Å². The van der Waals surface area contributed by atoms with Crippen molar-refractivity contribution in [2.24, 2.45) is 5.73 Å². The lowest BCUT2D eigenvalue weighted by Gasteiger charge is -2.32. The average Bonchev–Trinajstić information content (AvgIpc) is 3.45. The van der Waals surface area contributed by atoms with Crippen LogP contribution in [-0.2, 0) is 13.0 Å². The fourth-order valence-corrected chi connectivity index (χ4v) is 5.87. The van der Waals surface area contributed by atoms with E-state index in [4.69, 9.17) is 11.6 Å². The molecule has 1 aromatic carbocycles. The molecule has 1 aliphatic carbocycles. The van der Waals surface area contributed by atoms with Crippen molar-refractivity contribution in [3.05, 3.63) is 50.6 Å². The first-order chi connectivity index (χ1) is 16.5. The van der Waals surface area contributed by atoms with E-state index in [1.807, 2.05) is 18.2 Å². The molecule has 1 saturated carbocycles. The Balaban J connectivity index is 0.00000133. The van der Waals surface area contributed by atoms with Crippen LogP contribution >= 0.6 is 22.9 Å². The van der Waals surface area contributed by atoms with Crippen molar-refractivity contribution in [3.63, 3.8) is 0 Å². The van der Waals surface area contributed by atoms with Gasteiger partial charge in [0, 0.05) is 52.4 Å². The number of halogens is 1. The van der Waals surface area contributed by atoms with Crippen LogP contribution in [0.15, 0.2) is 24.3 Å². The van der Waals surface area contributed by atoms with E-state index in [0.29, 0.717) is 15.7 Å². The maximum Gasteiger partial charge on any atom is 0.280 e. The molecular weight excluding hydrogens is 472 g/mol. The molecule has 182 valence electrons. The summed E-state index contributed by atoms with van der Waals surface area (Å²) in [6.45, 7) is 1.81. The number of H-pyrrole nitrogens is 1. The van der Waals surface area contributed by atoms with Crippen LogP contribution in [0.25, 0.3) is 10.9 Å². The first kappa shape index (κ1) is 24.7. The second-order valence-electron chi connectivity index (χ2n) is 8.74. The number of fused-ring (bicyclic) bond motifs is 2. The predicted molar refractivity (Wildman–Crippen MR) is 137 cm³/mol. The number of aromatic nitrogens is 2. The van der Waals surface area contributed by atoms with E-state index in [2.05, 4.69) is 38.3 Å². The molecule has 8 nitrogen and oxygen atoms in total. The van der Waals surface area contributed by atoms with Crippen molar-refractivity contribution in [3.8, 4) is 0 Å². The summed E-state index contributed by atoms with van der Waals surface area (Å²) in [7, 11) is 3.58. The minimum atomic E-state index is -0.170. The molecule has 2 atom stereocenters. The number of thiazole rings is 1. The summed E-state index contributed by atoms with van der Waals surface area (Å²) in [5, 5.41) is 8.33. The summed E-state index contributed by atoms with van der Waals surface area (Å²) < 4.78 is 0. The number of aromatic amines is 1. The van der Waals surface area contributed by atoms with Crippen molar-refractivity contribution < 1.29 is 9.59 Å². The third-order valence-electron chi connectivity index (χ3n) is 6.34. The van der Waals surface area contributed by atoms with Crippen LogP contribution in [0.3, 0.4) is 0 Å². The second kappa shape index (κ2) is 10.9. The van der Waals surface area contributed by atoms with Crippen molar-refractivity contribution in [2.75, 3.05) is 20.6 Å². The van der Waals surface area contributed by atoms with Crippen LogP contribution in [0.2, 0.25) is 5.02 Å². The summed E-state index contributed by atoms with van der Waals surface area (Å²) in [6, 6.07) is 7.08. The number of rotatable bonds is 4. The van der Waals surface area contributed by atoms with Crippen molar-refractivity contribution in [1.82, 2.24) is 25.5 Å². The van der Waals surface area contributed by atoms with Crippen molar-refractivity contribution in [2.45, 2.75) is 50.7 Å². The summed E-state index contributed by atoms with van der Waals surface area (Å²) in [5.41, 5.74) is 6.91. The number of nitrogens with one attached hydrogen (secondary N) is 3. The Bertz CT molecular complexity index is 1180. The molecule has 0 spiro atoms. The summed E-state index contributed by atoms with van der Waals surface area (Å²) >= 11 is 7.54. The zero-order valence-electron chi connectivity index (χ0n) is 19.5. The average molecular weight is 503 g/mol. The predicted octanol–water partition coefficient (Wildman–Crippen LogP) is 3.31. The maximum atomic E-state index is 13.0. The third kappa shape index (κ3) is 5.43. The van der Waals surface area contributed by atoms with Gasteiger partial charge in [0.2, 0.25) is 0 Å². The molecule has 2 aliphatic rings. The van der Waals surface area contributed by atoms with E-state index in [1.54, 1.807) is 6.07 Å². The molecule has 10 heteroatoms. The largest absolute Gasteiger partial charge is 0.351 e. The maximum absolute atomic E-state index is 13.0. The number of likely N-dealkylation sites (N-methyl/N-ethyl adjacent to an activating group) is 1. The molecule has 0 saturated heterocycles. The van der Waals surface area contributed by atoms with Gasteiger partial charge in [-0.3, -0.25) is 9.59 Å². The molecule has 5 rings (SSSR count). The van der Waals surface area contributed by atoms with Gasteiger partial charge in [-0.05, 0) is 51.2 Å². The SMILES string of the molecule is CN.CN1CCc2nc(C(=O)N[C@@H]3CCCC[C@@H]3NC(=O)c3cc4cc(Cl)ccc4[nH]3)sc2C1. The summed E-state index contributed by atoms with van der Waals surface area (Å²) in [5.74, 6) is -0.310. The highest BCUT2D eigenvalue weighted by atomic mass is 35.5. The van der Waals surface area contributed by atoms with Gasteiger partial charge in [-0.15, -0.1) is 11.3 Å². The monoisotopic (exact) mass is 502 g/mol. The van der Waals surface area contributed by atoms with Gasteiger partial charge >= 0.3 is 0 Å². The number of carbonyl (C=O) groups excluding carboxylic acids is 2. The first-order valence-electron chi connectivity index (χ1n) is 11.6. The molecule has 34 heavy (non-hydrogen) atoms. The molecule has 2 aromatic heterocycles. The van der Waals surface area contributed by atoms with Crippen molar-refractivity contribution >= 4 is 45.7 Å². The molecule has 0 unspecified atom stereocenters. The molecular formula is C24H31ClN6O2S. The minimum absolute atomic E-state index is 0.109. The van der Waals surface area contributed by atoms with Gasteiger partial charge in [0.25, 0.3) is 11.8 Å². The Morgan fingerprint density at radius 2 is 1.85 bits per heavy atom. The third-order valence-corrected chi connectivity index (χ3v) is 7.66. The van der Waals surface area contributed by atoms with Gasteiger partial charge in [0.1, 0.15) is 5.69 Å². The van der Waals surface area contributed by atoms with Gasteiger partial charge in [-0.25, -0.2) is 4.98 Å². The van der Waals surface area contributed by atoms with Gasteiger partial charge in [0.15, 0.2) is 5.01 Å². The lowest BCUT2D eigenvalue weighted by atomic mass is 9.90. The smallest absolute Gasteiger partial charge is 0.280 e. The highest BCUT2D eigenvalue weighted by molar-refractivity contribution is 7.13. The summed E-state index contributed by atoms with van der Waals surface area (Å²) in [6.07, 6.45) is 4.61. The molecule has 1 fully saturated rings. The lowest BCUT2D eigenvalue weighted by molar-refractivity contribution is 0.0860. The molecule has 3 heterocycles. The fraction of sp³-hybridized carbons (Fsp3) is 0.458. The number of hydrogen-bond acceptors (Lipinski definition) is 6. The van der Waals surface area contributed by atoms with Crippen LogP contribution in [0, 0.1) is 0 Å². The van der Waals surface area contributed by atoms with Crippen molar-refractivity contribution in [1.29, 1.82) is 0 Å². The number of nitrogens with two attached hydrogens (primary N) is 1. The zero-order valence-corrected chi connectivity index (χ0v) is 21.1. The topological polar surface area (TPSA) is 116 Å². The number of amides is 2. The Hall–Kier alpha value is -2.46. The van der Waals surface area contributed by atoms with Crippen LogP contribution in [-0.4, -0.2) is 59.4 Å². The lowest BCUT2D eigenvalue weighted by Crippen LogP contribution is -2.53. The molecule has 0 bridgehead atoms. The van der Waals surface area contributed by atoms with Crippen LogP contribution in [0.1, 0.15) is 56.5 Å². The Morgan fingerprint density at radius 1 is 1.15 bits per heavy atom. The van der Waals surface area contributed by atoms with Gasteiger partial charge < -0.3 is 26.3 Å². The van der Waals surface area contributed by atoms with E-state index in [-0.39, 0.29) is 23.9 Å². The number of hydrogen-bond donors (Lipinski definition) is 4. The van der Waals surface area contributed by atoms with Gasteiger partial charge in [0.05, 0.1) is 5.69 Å². The molecule has 5 N–H and O–H groups in total. The normalized spacial score (nSPS) is 20.2. The molecule has 0 radical (unpaired) electrons. The van der Waals surface area contributed by atoms with Gasteiger partial charge in [-0.1, -0.05) is 24.4 Å². The zero-order chi connectivity index (χ0) is 24.2. The van der Waals surface area contributed by atoms with E-state index >= 15 is 0 Å². The standard InChI is InChI=1S/C23H26ClN5O2S.CH5N/c1-29-9-8-18-20(12-29)32-23(28-18)22(31)27-17-5-3-2-4-16(17)26-21(30)19-11-13-10-14(24)6-7-15(13)25-19;1-2/h6-7,10-11,16-17,25H,2-5,8-9,12H2,1H3,(H,26,30)(H,27,31);2H2,1H3/t16-,17+;/m0./s1. The van der Waals surface area contributed by atoms with Crippen LogP contribution in [0.4, 0.5) is 0 Å². The molecule has 3 aromatic rings. The summed E-state index contributed by atoms with van der Waals surface area (Å²) in [4.78, 5) is 37.1. The van der Waals surface area contributed by atoms with E-state index in [1.165, 1.54) is 23.3 Å². The van der Waals surface area contributed by atoms with E-state index in [9.17, 15) is 9.59 Å². The van der Waals surface area contributed by atoms with E-state index < -0.39 is 0 Å². The fourth-order valence-electron chi connectivity index (χ4n) is 4.60. The van der Waals surface area contributed by atoms with E-state index in [0.717, 1.165) is 61.8 Å².